The fourth-order valence-corrected chi connectivity index (χ4v) is 4.82. The Hall–Kier alpha value is -2.82. The predicted octanol–water partition coefficient (Wildman–Crippen LogP) is 5.94. The van der Waals surface area contributed by atoms with Gasteiger partial charge in [-0.2, -0.15) is 0 Å². The quantitative estimate of drug-likeness (QED) is 0.406. The molecule has 1 amide bonds. The van der Waals surface area contributed by atoms with Crippen molar-refractivity contribution < 1.29 is 4.79 Å². The van der Waals surface area contributed by atoms with Gasteiger partial charge in [0.15, 0.2) is 0 Å². The van der Waals surface area contributed by atoms with E-state index in [1.807, 2.05) is 29.2 Å². The Bertz CT molecular complexity index is 1130. The first-order valence-corrected chi connectivity index (χ1v) is 10.3. The number of amides is 1. The van der Waals surface area contributed by atoms with E-state index in [0.717, 1.165) is 21.8 Å². The number of benzene rings is 2. The van der Waals surface area contributed by atoms with E-state index in [0.29, 0.717) is 17.1 Å². The second-order valence-corrected chi connectivity index (χ2v) is 8.21. The molecule has 0 bridgehead atoms. The number of para-hydroxylation sites is 1. The molecule has 4 aromatic rings. The minimum absolute atomic E-state index is 0.000445. The van der Waals surface area contributed by atoms with E-state index in [-0.39, 0.29) is 11.9 Å². The molecule has 2 aromatic carbocycles. The van der Waals surface area contributed by atoms with Gasteiger partial charge in [0.25, 0.3) is 5.91 Å². The van der Waals surface area contributed by atoms with E-state index in [9.17, 15) is 4.79 Å². The molecule has 0 saturated carbocycles. The lowest BCUT2D eigenvalue weighted by atomic mass is 10.1. The molecular formula is C23H17ClN2OS. The molecule has 0 spiro atoms. The van der Waals surface area contributed by atoms with Gasteiger partial charge in [-0.15, -0.1) is 11.3 Å². The predicted molar refractivity (Wildman–Crippen MR) is 113 cm³/mol. The van der Waals surface area contributed by atoms with Crippen molar-refractivity contribution in [2.24, 2.45) is 0 Å². The van der Waals surface area contributed by atoms with Gasteiger partial charge in [0.2, 0.25) is 0 Å². The summed E-state index contributed by atoms with van der Waals surface area (Å²) in [6.07, 6.45) is 2.07. The number of carbonyl (C=O) groups is 1. The normalized spacial score (nSPS) is 15.6. The monoisotopic (exact) mass is 404 g/mol. The number of carbonyl (C=O) groups excluding carboxylic acids is 1. The van der Waals surface area contributed by atoms with Crippen molar-refractivity contribution in [1.82, 2.24) is 9.47 Å². The standard InChI is InChI=1S/C23H17ClN2OS/c24-18-11-9-16(10-12-18)23(27)26-15-17-5-1-2-6-19(17)25-13-3-7-20(25)22(26)21-8-4-14-28-21/h1-14,22H,15H2/t22-/m0/s1. The van der Waals surface area contributed by atoms with E-state index in [2.05, 4.69) is 40.4 Å². The van der Waals surface area contributed by atoms with E-state index in [1.165, 1.54) is 0 Å². The SMILES string of the molecule is O=C(c1ccc(Cl)cc1)N1Cc2ccccc2-n2cccc2[C@H]1c1cccs1. The van der Waals surface area contributed by atoms with E-state index in [1.54, 1.807) is 35.6 Å². The molecule has 1 aliphatic rings. The summed E-state index contributed by atoms with van der Waals surface area (Å²) in [5.41, 5.74) is 3.98. The lowest BCUT2D eigenvalue weighted by Gasteiger charge is -2.30. The summed E-state index contributed by atoms with van der Waals surface area (Å²) in [5, 5.41) is 2.69. The summed E-state index contributed by atoms with van der Waals surface area (Å²) in [6.45, 7) is 0.544. The molecule has 0 unspecified atom stereocenters. The Morgan fingerprint density at radius 1 is 0.964 bits per heavy atom. The third-order valence-electron chi connectivity index (χ3n) is 5.13. The van der Waals surface area contributed by atoms with Crippen molar-refractivity contribution in [3.8, 4) is 5.69 Å². The number of rotatable bonds is 2. The Kier molecular flexibility index (Phi) is 4.30. The lowest BCUT2D eigenvalue weighted by molar-refractivity contribution is 0.0693. The van der Waals surface area contributed by atoms with Gasteiger partial charge >= 0.3 is 0 Å². The van der Waals surface area contributed by atoms with Crippen LogP contribution < -0.4 is 0 Å². The number of aromatic nitrogens is 1. The van der Waals surface area contributed by atoms with Crippen LogP contribution >= 0.6 is 22.9 Å². The number of thiophene rings is 1. The van der Waals surface area contributed by atoms with Crippen LogP contribution in [0.2, 0.25) is 5.02 Å². The second-order valence-electron chi connectivity index (χ2n) is 6.79. The zero-order valence-electron chi connectivity index (χ0n) is 15.0. The Morgan fingerprint density at radius 2 is 1.79 bits per heavy atom. The molecule has 0 radical (unpaired) electrons. The largest absolute Gasteiger partial charge is 0.321 e. The molecule has 3 heterocycles. The minimum Gasteiger partial charge on any atom is -0.321 e. The maximum absolute atomic E-state index is 13.6. The van der Waals surface area contributed by atoms with Gasteiger partial charge in [-0.1, -0.05) is 35.9 Å². The van der Waals surface area contributed by atoms with E-state index < -0.39 is 0 Å². The maximum atomic E-state index is 13.6. The van der Waals surface area contributed by atoms with Crippen LogP contribution in [0.5, 0.6) is 0 Å². The summed E-state index contributed by atoms with van der Waals surface area (Å²) in [7, 11) is 0. The van der Waals surface area contributed by atoms with Crippen LogP contribution in [0, 0.1) is 0 Å². The van der Waals surface area contributed by atoms with Crippen LogP contribution in [0.1, 0.15) is 32.5 Å². The molecular weight excluding hydrogens is 388 g/mol. The van der Waals surface area contributed by atoms with Crippen LogP contribution in [0.15, 0.2) is 84.4 Å². The number of fused-ring (bicyclic) bond motifs is 3. The van der Waals surface area contributed by atoms with Crippen molar-refractivity contribution >= 4 is 28.8 Å². The van der Waals surface area contributed by atoms with Gasteiger partial charge < -0.3 is 9.47 Å². The summed E-state index contributed by atoms with van der Waals surface area (Å²) >= 11 is 7.71. The van der Waals surface area contributed by atoms with E-state index in [4.69, 9.17) is 11.6 Å². The van der Waals surface area contributed by atoms with Gasteiger partial charge in [-0.25, -0.2) is 0 Å². The first kappa shape index (κ1) is 17.3. The molecule has 0 fully saturated rings. The van der Waals surface area contributed by atoms with Gasteiger partial charge in [0, 0.05) is 28.2 Å². The highest BCUT2D eigenvalue weighted by Gasteiger charge is 2.33. The summed E-state index contributed by atoms with van der Waals surface area (Å²) in [6, 6.07) is 23.5. The van der Waals surface area contributed by atoms with E-state index >= 15 is 0 Å². The van der Waals surface area contributed by atoms with Gasteiger partial charge in [-0.05, 0) is 59.5 Å². The number of hydrogen-bond acceptors (Lipinski definition) is 2. The minimum atomic E-state index is -0.148. The molecule has 1 atom stereocenters. The molecule has 0 N–H and O–H groups in total. The third kappa shape index (κ3) is 2.86. The van der Waals surface area contributed by atoms with Crippen molar-refractivity contribution in [3.05, 3.63) is 111 Å². The summed E-state index contributed by atoms with van der Waals surface area (Å²) < 4.78 is 2.20. The molecule has 28 heavy (non-hydrogen) atoms. The second kappa shape index (κ2) is 6.97. The highest BCUT2D eigenvalue weighted by Crippen LogP contribution is 2.39. The van der Waals surface area contributed by atoms with Crippen molar-refractivity contribution in [3.63, 3.8) is 0 Å². The molecule has 5 rings (SSSR count). The lowest BCUT2D eigenvalue weighted by Crippen LogP contribution is -2.34. The molecule has 2 aromatic heterocycles. The van der Waals surface area contributed by atoms with Crippen LogP contribution in [0.25, 0.3) is 5.69 Å². The molecule has 138 valence electrons. The summed E-state index contributed by atoms with van der Waals surface area (Å²) in [5.74, 6) is -0.000445. The first-order chi connectivity index (χ1) is 13.7. The van der Waals surface area contributed by atoms with Gasteiger partial charge in [0.05, 0.1) is 11.4 Å². The highest BCUT2D eigenvalue weighted by molar-refractivity contribution is 7.10. The summed E-state index contributed by atoms with van der Waals surface area (Å²) in [4.78, 5) is 16.7. The Morgan fingerprint density at radius 3 is 2.57 bits per heavy atom. The average Bonchev–Trinajstić information content (AvgIpc) is 3.39. The number of hydrogen-bond donors (Lipinski definition) is 0. The number of nitrogens with zero attached hydrogens (tertiary/aromatic N) is 2. The highest BCUT2D eigenvalue weighted by atomic mass is 35.5. The fourth-order valence-electron chi connectivity index (χ4n) is 3.84. The third-order valence-corrected chi connectivity index (χ3v) is 6.31. The van der Waals surface area contributed by atoms with Crippen molar-refractivity contribution in [1.29, 1.82) is 0 Å². The van der Waals surface area contributed by atoms with Crippen molar-refractivity contribution in [2.45, 2.75) is 12.6 Å². The average molecular weight is 405 g/mol. The number of halogens is 1. The molecule has 5 heteroatoms. The van der Waals surface area contributed by atoms with Crippen LogP contribution in [0.4, 0.5) is 0 Å². The van der Waals surface area contributed by atoms with Crippen LogP contribution in [0.3, 0.4) is 0 Å². The fraction of sp³-hybridized carbons (Fsp3) is 0.0870. The first-order valence-electron chi connectivity index (χ1n) is 9.08. The zero-order valence-corrected chi connectivity index (χ0v) is 16.5. The molecule has 1 aliphatic heterocycles. The van der Waals surface area contributed by atoms with Crippen LogP contribution in [-0.4, -0.2) is 15.4 Å². The van der Waals surface area contributed by atoms with Crippen molar-refractivity contribution in [2.75, 3.05) is 0 Å². The van der Waals surface area contributed by atoms with Crippen LogP contribution in [-0.2, 0) is 6.54 Å². The maximum Gasteiger partial charge on any atom is 0.255 e. The molecule has 0 aliphatic carbocycles. The topological polar surface area (TPSA) is 25.2 Å². The smallest absolute Gasteiger partial charge is 0.255 e. The zero-order chi connectivity index (χ0) is 19.1. The Labute approximate surface area is 172 Å². The Balaban J connectivity index is 1.70. The molecule has 3 nitrogen and oxygen atoms in total. The van der Waals surface area contributed by atoms with Gasteiger partial charge in [-0.3, -0.25) is 4.79 Å². The molecule has 0 saturated heterocycles. The van der Waals surface area contributed by atoms with Gasteiger partial charge in [0.1, 0.15) is 6.04 Å².